The van der Waals surface area contributed by atoms with Crippen molar-refractivity contribution in [1.29, 1.82) is 0 Å². The van der Waals surface area contributed by atoms with Gasteiger partial charge in [0.2, 0.25) is 5.91 Å². The first-order chi connectivity index (χ1) is 7.61. The number of carboxylic acids is 1. The fourth-order valence-corrected chi connectivity index (χ4v) is 1.58. The molecule has 0 aromatic heterocycles. The molecule has 0 aromatic rings. The van der Waals surface area contributed by atoms with Crippen molar-refractivity contribution in [1.82, 2.24) is 5.32 Å². The lowest BCUT2D eigenvalue weighted by molar-refractivity contribution is -0.141. The molecule has 0 spiro atoms. The van der Waals surface area contributed by atoms with E-state index < -0.39 is 12.0 Å². The van der Waals surface area contributed by atoms with Gasteiger partial charge in [0, 0.05) is 12.8 Å². The first-order valence-corrected chi connectivity index (χ1v) is 6.46. The van der Waals surface area contributed by atoms with E-state index in [1.165, 1.54) is 11.8 Å². The molecule has 0 aromatic carbocycles. The number of nitrogens with one attached hydrogen (secondary N) is 1. The van der Waals surface area contributed by atoms with Gasteiger partial charge < -0.3 is 15.2 Å². The summed E-state index contributed by atoms with van der Waals surface area (Å²) in [5.41, 5.74) is 0. The molecule has 1 amide bonds. The standard InChI is InChI=1S/C10H17NO4S/c1-16-7-5-8(10(14)15)11-9(13)4-2-3-6-12/h6,8H,2-5,7H2,1H3,(H,11,13)(H,14,15)/t8-/m0/s1. The lowest BCUT2D eigenvalue weighted by atomic mass is 10.2. The van der Waals surface area contributed by atoms with Crippen LogP contribution in [-0.4, -0.2) is 41.3 Å². The van der Waals surface area contributed by atoms with Crippen molar-refractivity contribution < 1.29 is 19.5 Å². The molecule has 0 radical (unpaired) electrons. The third-order valence-corrected chi connectivity index (χ3v) is 2.61. The predicted octanol–water partition coefficient (Wildman–Crippen LogP) is 0.678. The van der Waals surface area contributed by atoms with Crippen LogP contribution in [0.15, 0.2) is 0 Å². The van der Waals surface area contributed by atoms with Crippen LogP contribution in [0.25, 0.3) is 0 Å². The van der Waals surface area contributed by atoms with Gasteiger partial charge in [-0.15, -0.1) is 0 Å². The van der Waals surface area contributed by atoms with Crippen LogP contribution in [-0.2, 0) is 14.4 Å². The average Bonchev–Trinajstić information content (AvgIpc) is 2.24. The third-order valence-electron chi connectivity index (χ3n) is 1.97. The second-order valence-electron chi connectivity index (χ2n) is 3.30. The maximum atomic E-state index is 11.3. The van der Waals surface area contributed by atoms with Gasteiger partial charge in [0.1, 0.15) is 12.3 Å². The Balaban J connectivity index is 3.92. The molecule has 0 heterocycles. The Morgan fingerprint density at radius 1 is 1.50 bits per heavy atom. The van der Waals surface area contributed by atoms with Crippen molar-refractivity contribution in [3.05, 3.63) is 0 Å². The van der Waals surface area contributed by atoms with Crippen LogP contribution in [0.2, 0.25) is 0 Å². The Morgan fingerprint density at radius 2 is 2.19 bits per heavy atom. The molecule has 16 heavy (non-hydrogen) atoms. The molecule has 1 atom stereocenters. The number of amides is 1. The Kier molecular flexibility index (Phi) is 8.61. The van der Waals surface area contributed by atoms with Crippen molar-refractivity contribution in [2.45, 2.75) is 31.7 Å². The summed E-state index contributed by atoms with van der Waals surface area (Å²) in [7, 11) is 0. The van der Waals surface area contributed by atoms with Crippen molar-refractivity contribution in [3.8, 4) is 0 Å². The van der Waals surface area contributed by atoms with Gasteiger partial charge in [0.25, 0.3) is 0 Å². The van der Waals surface area contributed by atoms with E-state index in [-0.39, 0.29) is 12.3 Å². The highest BCUT2D eigenvalue weighted by atomic mass is 32.2. The summed E-state index contributed by atoms with van der Waals surface area (Å²) in [6.07, 6.45) is 4.03. The van der Waals surface area contributed by atoms with Crippen LogP contribution in [0.1, 0.15) is 25.7 Å². The lowest BCUT2D eigenvalue weighted by Gasteiger charge is -2.13. The lowest BCUT2D eigenvalue weighted by Crippen LogP contribution is -2.41. The second-order valence-corrected chi connectivity index (χ2v) is 4.28. The monoisotopic (exact) mass is 247 g/mol. The third kappa shape index (κ3) is 7.28. The predicted molar refractivity (Wildman–Crippen MR) is 62.5 cm³/mol. The highest BCUT2D eigenvalue weighted by Crippen LogP contribution is 2.02. The Bertz CT molecular complexity index is 245. The smallest absolute Gasteiger partial charge is 0.326 e. The SMILES string of the molecule is CSCC[C@H](NC(=O)CCCC=O)C(=O)O. The van der Waals surface area contributed by atoms with Crippen LogP contribution >= 0.6 is 11.8 Å². The van der Waals surface area contributed by atoms with Crippen molar-refractivity contribution in [2.75, 3.05) is 12.0 Å². The molecule has 0 saturated heterocycles. The highest BCUT2D eigenvalue weighted by molar-refractivity contribution is 7.98. The van der Waals surface area contributed by atoms with Gasteiger partial charge in [0.05, 0.1) is 0 Å². The minimum atomic E-state index is -1.02. The number of unbranched alkanes of at least 4 members (excludes halogenated alkanes) is 1. The van der Waals surface area contributed by atoms with E-state index in [0.29, 0.717) is 25.0 Å². The number of rotatable bonds is 9. The summed E-state index contributed by atoms with van der Waals surface area (Å²) in [4.78, 5) is 32.1. The molecule has 92 valence electrons. The fraction of sp³-hybridized carbons (Fsp3) is 0.700. The minimum Gasteiger partial charge on any atom is -0.480 e. The van der Waals surface area contributed by atoms with E-state index >= 15 is 0 Å². The summed E-state index contributed by atoms with van der Waals surface area (Å²) >= 11 is 1.53. The maximum absolute atomic E-state index is 11.3. The minimum absolute atomic E-state index is 0.196. The molecular formula is C10H17NO4S. The quantitative estimate of drug-likeness (QED) is 0.462. The molecule has 0 fully saturated rings. The average molecular weight is 247 g/mol. The number of thioether (sulfide) groups is 1. The number of carbonyl (C=O) groups is 3. The highest BCUT2D eigenvalue weighted by Gasteiger charge is 2.18. The van der Waals surface area contributed by atoms with E-state index in [0.717, 1.165) is 6.29 Å². The van der Waals surface area contributed by atoms with Gasteiger partial charge in [-0.1, -0.05) is 0 Å². The summed E-state index contributed by atoms with van der Waals surface area (Å²) in [5.74, 6) is -0.640. The summed E-state index contributed by atoms with van der Waals surface area (Å²) < 4.78 is 0. The topological polar surface area (TPSA) is 83.5 Å². The fourth-order valence-electron chi connectivity index (χ4n) is 1.11. The molecular weight excluding hydrogens is 230 g/mol. The first kappa shape index (κ1) is 15.0. The zero-order valence-corrected chi connectivity index (χ0v) is 10.1. The van der Waals surface area contributed by atoms with E-state index in [9.17, 15) is 14.4 Å². The summed E-state index contributed by atoms with van der Waals surface area (Å²) in [5, 5.41) is 11.3. The number of aldehydes is 1. The molecule has 0 aliphatic carbocycles. The number of hydrogen-bond donors (Lipinski definition) is 2. The van der Waals surface area contributed by atoms with Crippen LogP contribution in [0.4, 0.5) is 0 Å². The van der Waals surface area contributed by atoms with E-state index in [1.807, 2.05) is 6.26 Å². The van der Waals surface area contributed by atoms with Gasteiger partial charge in [-0.05, 0) is 24.9 Å². The molecule has 0 saturated carbocycles. The summed E-state index contributed by atoms with van der Waals surface area (Å²) in [6.45, 7) is 0. The molecule has 0 unspecified atom stereocenters. The van der Waals surface area contributed by atoms with Gasteiger partial charge in [-0.25, -0.2) is 4.79 Å². The largest absolute Gasteiger partial charge is 0.480 e. The number of hydrogen-bond acceptors (Lipinski definition) is 4. The molecule has 6 heteroatoms. The molecule has 0 aliphatic heterocycles. The Hall–Kier alpha value is -1.04. The van der Waals surface area contributed by atoms with Gasteiger partial charge >= 0.3 is 5.97 Å². The normalized spacial score (nSPS) is 11.8. The van der Waals surface area contributed by atoms with Crippen molar-refractivity contribution in [3.63, 3.8) is 0 Å². The van der Waals surface area contributed by atoms with Crippen LogP contribution in [0, 0.1) is 0 Å². The zero-order chi connectivity index (χ0) is 12.4. The molecule has 0 bridgehead atoms. The Morgan fingerprint density at radius 3 is 2.69 bits per heavy atom. The first-order valence-electron chi connectivity index (χ1n) is 5.06. The van der Waals surface area contributed by atoms with E-state index in [1.54, 1.807) is 0 Å². The number of aliphatic carboxylic acids is 1. The second kappa shape index (κ2) is 9.21. The molecule has 2 N–H and O–H groups in total. The number of carboxylic acid groups (broad SMARTS) is 1. The van der Waals surface area contributed by atoms with Gasteiger partial charge in [-0.2, -0.15) is 11.8 Å². The van der Waals surface area contributed by atoms with Gasteiger partial charge in [-0.3, -0.25) is 4.79 Å². The van der Waals surface area contributed by atoms with E-state index in [2.05, 4.69) is 5.32 Å². The number of carbonyl (C=O) groups excluding carboxylic acids is 2. The van der Waals surface area contributed by atoms with Crippen LogP contribution in [0.5, 0.6) is 0 Å². The summed E-state index contributed by atoms with van der Waals surface area (Å²) in [6, 6.07) is -0.823. The van der Waals surface area contributed by atoms with Crippen molar-refractivity contribution in [2.24, 2.45) is 0 Å². The van der Waals surface area contributed by atoms with Crippen molar-refractivity contribution >= 4 is 29.9 Å². The van der Waals surface area contributed by atoms with E-state index in [4.69, 9.17) is 5.11 Å². The molecule has 0 aliphatic rings. The van der Waals surface area contributed by atoms with Crippen LogP contribution in [0.3, 0.4) is 0 Å². The molecule has 0 rings (SSSR count). The zero-order valence-electron chi connectivity index (χ0n) is 9.27. The Labute approximate surface area is 99.0 Å². The molecule has 5 nitrogen and oxygen atoms in total. The maximum Gasteiger partial charge on any atom is 0.326 e. The van der Waals surface area contributed by atoms with Gasteiger partial charge in [0.15, 0.2) is 0 Å². The van der Waals surface area contributed by atoms with Crippen LogP contribution < -0.4 is 5.32 Å².